The van der Waals surface area contributed by atoms with Gasteiger partial charge in [-0.25, -0.2) is 0 Å². The Morgan fingerprint density at radius 1 is 1.36 bits per heavy atom. The number of hydrogen-bond donors (Lipinski definition) is 1. The molecule has 116 valence electrons. The van der Waals surface area contributed by atoms with Gasteiger partial charge in [-0.1, -0.05) is 12.1 Å². The van der Waals surface area contributed by atoms with Gasteiger partial charge < -0.3 is 14.2 Å². The first-order valence-electron chi connectivity index (χ1n) is 7.33. The molecule has 2 atom stereocenters. The molecule has 0 aliphatic carbocycles. The van der Waals surface area contributed by atoms with Crippen molar-refractivity contribution >= 4 is 0 Å². The number of methoxy groups -OCH3 is 1. The molecule has 4 rings (SSSR count). The maximum atomic E-state index is 5.63. The normalized spacial score (nSPS) is 24.0. The van der Waals surface area contributed by atoms with Crippen molar-refractivity contribution in [3.63, 3.8) is 0 Å². The van der Waals surface area contributed by atoms with Crippen molar-refractivity contribution in [1.82, 2.24) is 20.3 Å². The lowest BCUT2D eigenvalue weighted by atomic mass is 10.0. The summed E-state index contributed by atoms with van der Waals surface area (Å²) in [4.78, 5) is 2.35. The summed E-state index contributed by atoms with van der Waals surface area (Å²) < 4.78 is 16.7. The van der Waals surface area contributed by atoms with Gasteiger partial charge in [0, 0.05) is 38.2 Å². The molecular weight excluding hydrogens is 284 g/mol. The van der Waals surface area contributed by atoms with E-state index in [-0.39, 0.29) is 12.0 Å². The lowest BCUT2D eigenvalue weighted by Gasteiger charge is -2.16. The minimum Gasteiger partial charge on any atom is -0.454 e. The van der Waals surface area contributed by atoms with Crippen LogP contribution in [0.4, 0.5) is 0 Å². The predicted octanol–water partition coefficient (Wildman–Crippen LogP) is 1.15. The van der Waals surface area contributed by atoms with Gasteiger partial charge in [0.05, 0.1) is 18.0 Å². The summed E-state index contributed by atoms with van der Waals surface area (Å²) in [6.45, 7) is 2.85. The molecular formula is C15H18N4O3. The second kappa shape index (κ2) is 5.58. The Labute approximate surface area is 128 Å². The van der Waals surface area contributed by atoms with Crippen LogP contribution in [0.2, 0.25) is 0 Å². The summed E-state index contributed by atoms with van der Waals surface area (Å²) >= 11 is 0. The van der Waals surface area contributed by atoms with E-state index < -0.39 is 0 Å². The minimum atomic E-state index is 0.124. The molecule has 0 radical (unpaired) electrons. The fourth-order valence-electron chi connectivity index (χ4n) is 3.25. The van der Waals surface area contributed by atoms with Gasteiger partial charge in [-0.15, -0.1) is 0 Å². The quantitative estimate of drug-likeness (QED) is 0.913. The van der Waals surface area contributed by atoms with Gasteiger partial charge in [-0.2, -0.15) is 15.4 Å². The number of benzene rings is 1. The van der Waals surface area contributed by atoms with E-state index in [0.717, 1.165) is 42.4 Å². The van der Waals surface area contributed by atoms with E-state index in [1.165, 1.54) is 0 Å². The topological polar surface area (TPSA) is 72.5 Å². The standard InChI is InChI=1S/C15H18N4O3/c1-20-14-8-19(7-11(14)12-5-16-18-17-12)6-10-3-2-4-13-15(10)22-9-21-13/h2-5,11,14H,6-9H2,1H3,(H,16,17,18)/t11-,14+/m0/s1. The molecule has 0 bridgehead atoms. The van der Waals surface area contributed by atoms with Crippen LogP contribution in [0.15, 0.2) is 24.4 Å². The number of fused-ring (bicyclic) bond motifs is 1. The zero-order chi connectivity index (χ0) is 14.9. The molecule has 0 amide bonds. The van der Waals surface area contributed by atoms with E-state index in [4.69, 9.17) is 14.2 Å². The van der Waals surface area contributed by atoms with E-state index in [2.05, 4.69) is 26.4 Å². The van der Waals surface area contributed by atoms with Gasteiger partial charge in [0.25, 0.3) is 0 Å². The van der Waals surface area contributed by atoms with E-state index in [1.807, 2.05) is 12.1 Å². The monoisotopic (exact) mass is 302 g/mol. The molecule has 1 aromatic carbocycles. The maximum Gasteiger partial charge on any atom is 0.231 e. The summed E-state index contributed by atoms with van der Waals surface area (Å²) in [5.41, 5.74) is 2.10. The zero-order valence-corrected chi connectivity index (χ0v) is 12.4. The maximum absolute atomic E-state index is 5.63. The molecule has 2 aliphatic rings. The average molecular weight is 302 g/mol. The number of aromatic nitrogens is 3. The highest BCUT2D eigenvalue weighted by Crippen LogP contribution is 2.37. The number of nitrogens with zero attached hydrogens (tertiary/aromatic N) is 3. The highest BCUT2D eigenvalue weighted by molar-refractivity contribution is 5.48. The highest BCUT2D eigenvalue weighted by atomic mass is 16.7. The number of para-hydroxylation sites is 1. The summed E-state index contributed by atoms with van der Waals surface area (Å²) in [6, 6.07) is 6.02. The van der Waals surface area contributed by atoms with Crippen LogP contribution < -0.4 is 9.47 Å². The molecule has 1 fully saturated rings. The Hall–Kier alpha value is -2.12. The molecule has 1 N–H and O–H groups in total. The largest absolute Gasteiger partial charge is 0.454 e. The van der Waals surface area contributed by atoms with Crippen LogP contribution in [0, 0.1) is 0 Å². The Bertz CT molecular complexity index is 646. The van der Waals surface area contributed by atoms with Gasteiger partial charge in [0.2, 0.25) is 6.79 Å². The van der Waals surface area contributed by atoms with E-state index >= 15 is 0 Å². The summed E-state index contributed by atoms with van der Waals surface area (Å²) in [5, 5.41) is 10.8. The van der Waals surface area contributed by atoms with Crippen LogP contribution in [0.25, 0.3) is 0 Å². The van der Waals surface area contributed by atoms with Gasteiger partial charge >= 0.3 is 0 Å². The first-order valence-corrected chi connectivity index (χ1v) is 7.33. The minimum absolute atomic E-state index is 0.124. The number of aromatic amines is 1. The predicted molar refractivity (Wildman–Crippen MR) is 77.8 cm³/mol. The summed E-state index contributed by atoms with van der Waals surface area (Å²) in [5.74, 6) is 1.92. The Morgan fingerprint density at radius 2 is 2.32 bits per heavy atom. The molecule has 0 spiro atoms. The van der Waals surface area contributed by atoms with Crippen molar-refractivity contribution < 1.29 is 14.2 Å². The number of rotatable bonds is 4. The second-order valence-corrected chi connectivity index (χ2v) is 5.62. The van der Waals surface area contributed by atoms with Gasteiger partial charge in [0.1, 0.15) is 0 Å². The lowest BCUT2D eigenvalue weighted by molar-refractivity contribution is 0.0956. The van der Waals surface area contributed by atoms with Crippen LogP contribution in [0.1, 0.15) is 17.2 Å². The van der Waals surface area contributed by atoms with Crippen molar-refractivity contribution in [2.24, 2.45) is 0 Å². The first-order chi connectivity index (χ1) is 10.8. The van der Waals surface area contributed by atoms with E-state index in [0.29, 0.717) is 6.79 Å². The van der Waals surface area contributed by atoms with Crippen LogP contribution in [0.5, 0.6) is 11.5 Å². The summed E-state index contributed by atoms with van der Waals surface area (Å²) in [7, 11) is 1.75. The molecule has 2 aromatic rings. The van der Waals surface area contributed by atoms with Crippen LogP contribution in [0.3, 0.4) is 0 Å². The van der Waals surface area contributed by atoms with Crippen LogP contribution >= 0.6 is 0 Å². The van der Waals surface area contributed by atoms with Gasteiger partial charge in [-0.05, 0) is 6.07 Å². The number of hydrogen-bond acceptors (Lipinski definition) is 6. The van der Waals surface area contributed by atoms with Crippen molar-refractivity contribution in [1.29, 1.82) is 0 Å². The Morgan fingerprint density at radius 3 is 3.14 bits per heavy atom. The fourth-order valence-corrected chi connectivity index (χ4v) is 3.25. The number of H-pyrrole nitrogens is 1. The third-order valence-corrected chi connectivity index (χ3v) is 4.33. The van der Waals surface area contributed by atoms with E-state index in [1.54, 1.807) is 13.3 Å². The second-order valence-electron chi connectivity index (χ2n) is 5.62. The highest BCUT2D eigenvalue weighted by Gasteiger charge is 2.36. The molecule has 7 nitrogen and oxygen atoms in total. The van der Waals surface area contributed by atoms with E-state index in [9.17, 15) is 0 Å². The van der Waals surface area contributed by atoms with Crippen LogP contribution in [-0.4, -0.2) is 53.4 Å². The lowest BCUT2D eigenvalue weighted by Crippen LogP contribution is -2.22. The third kappa shape index (κ3) is 2.32. The zero-order valence-electron chi connectivity index (χ0n) is 12.4. The number of ether oxygens (including phenoxy) is 3. The molecule has 0 unspecified atom stereocenters. The smallest absolute Gasteiger partial charge is 0.231 e. The molecule has 7 heteroatoms. The van der Waals surface area contributed by atoms with Crippen LogP contribution in [-0.2, 0) is 11.3 Å². The third-order valence-electron chi connectivity index (χ3n) is 4.33. The number of nitrogens with one attached hydrogen (secondary N) is 1. The van der Waals surface area contributed by atoms with Gasteiger partial charge in [-0.3, -0.25) is 4.90 Å². The first kappa shape index (κ1) is 13.5. The summed E-state index contributed by atoms with van der Waals surface area (Å²) in [6.07, 6.45) is 1.90. The molecule has 2 aliphatic heterocycles. The molecule has 3 heterocycles. The van der Waals surface area contributed by atoms with Crippen molar-refractivity contribution in [2.75, 3.05) is 27.0 Å². The number of likely N-dealkylation sites (tertiary alicyclic amines) is 1. The molecule has 0 saturated carbocycles. The SMILES string of the molecule is CO[C@@H]1CN(Cc2cccc3c2OCO3)C[C@H]1c1cn[nH]n1. The van der Waals surface area contributed by atoms with Gasteiger partial charge in [0.15, 0.2) is 11.5 Å². The van der Waals surface area contributed by atoms with Crippen molar-refractivity contribution in [3.05, 3.63) is 35.7 Å². The van der Waals surface area contributed by atoms with Crippen molar-refractivity contribution in [2.45, 2.75) is 18.6 Å². The fraction of sp³-hybridized carbons (Fsp3) is 0.467. The van der Waals surface area contributed by atoms with Crippen molar-refractivity contribution in [3.8, 4) is 11.5 Å². The molecule has 1 aromatic heterocycles. The molecule has 22 heavy (non-hydrogen) atoms. The Kier molecular flexibility index (Phi) is 3.44. The Balaban J connectivity index is 1.52. The molecule has 1 saturated heterocycles. The average Bonchev–Trinajstić information content (AvgIpc) is 3.27.